The van der Waals surface area contributed by atoms with Gasteiger partial charge in [0, 0.05) is 18.4 Å². The van der Waals surface area contributed by atoms with E-state index >= 15 is 0 Å². The lowest BCUT2D eigenvalue weighted by Gasteiger charge is -2.27. The van der Waals surface area contributed by atoms with Gasteiger partial charge in [-0.2, -0.15) is 10.2 Å². The minimum absolute atomic E-state index is 0.0265. The van der Waals surface area contributed by atoms with Crippen LogP contribution < -0.4 is 5.32 Å². The van der Waals surface area contributed by atoms with Crippen molar-refractivity contribution in [1.82, 2.24) is 24.9 Å². The topological polar surface area (TPSA) is 64.7 Å². The Labute approximate surface area is 159 Å². The van der Waals surface area contributed by atoms with E-state index in [9.17, 15) is 4.79 Å². The van der Waals surface area contributed by atoms with E-state index in [0.717, 1.165) is 42.8 Å². The van der Waals surface area contributed by atoms with Crippen LogP contribution in [0, 0.1) is 23.7 Å². The number of hydrogen-bond donors (Lipinski definition) is 1. The molecule has 27 heavy (non-hydrogen) atoms. The molecule has 6 heteroatoms. The number of fused-ring (bicyclic) bond motifs is 2. The highest BCUT2D eigenvalue weighted by Gasteiger charge is 2.46. The zero-order valence-corrected chi connectivity index (χ0v) is 15.6. The number of hydrogen-bond acceptors (Lipinski definition) is 3. The maximum absolute atomic E-state index is 13.3. The van der Waals surface area contributed by atoms with Crippen molar-refractivity contribution in [2.24, 2.45) is 23.7 Å². The summed E-state index contributed by atoms with van der Waals surface area (Å²) in [6, 6.07) is 2.63. The molecule has 4 aliphatic rings. The maximum Gasteiger partial charge on any atom is 0.256 e. The van der Waals surface area contributed by atoms with Crippen molar-refractivity contribution in [2.75, 3.05) is 0 Å². The molecule has 0 aliphatic heterocycles. The molecule has 4 unspecified atom stereocenters. The molecule has 0 spiro atoms. The Hall–Kier alpha value is -2.11. The second-order valence-electron chi connectivity index (χ2n) is 9.26. The van der Waals surface area contributed by atoms with Crippen molar-refractivity contribution in [3.63, 3.8) is 0 Å². The zero-order valence-electron chi connectivity index (χ0n) is 15.6. The van der Waals surface area contributed by atoms with Crippen molar-refractivity contribution in [3.8, 4) is 5.82 Å². The normalized spacial score (nSPS) is 34.6. The molecule has 4 fully saturated rings. The minimum atomic E-state index is 0.0265. The summed E-state index contributed by atoms with van der Waals surface area (Å²) in [5, 5.41) is 12.4. The lowest BCUT2D eigenvalue weighted by molar-refractivity contribution is 0.0912. The van der Waals surface area contributed by atoms with E-state index in [0.29, 0.717) is 23.6 Å². The van der Waals surface area contributed by atoms with Crippen LogP contribution in [-0.2, 0) is 0 Å². The summed E-state index contributed by atoms with van der Waals surface area (Å²) in [6.45, 7) is 0. The van der Waals surface area contributed by atoms with Crippen molar-refractivity contribution in [1.29, 1.82) is 0 Å². The molecule has 0 saturated heterocycles. The Bertz CT molecular complexity index is 852. The first-order chi connectivity index (χ1) is 13.3. The summed E-state index contributed by atoms with van der Waals surface area (Å²) in [4.78, 5) is 13.3. The van der Waals surface area contributed by atoms with Crippen LogP contribution in [0.25, 0.3) is 5.82 Å². The van der Waals surface area contributed by atoms with Crippen LogP contribution in [0.3, 0.4) is 0 Å². The van der Waals surface area contributed by atoms with Crippen molar-refractivity contribution in [2.45, 2.75) is 63.5 Å². The van der Waals surface area contributed by atoms with Gasteiger partial charge in [0.05, 0.1) is 12.2 Å². The highest BCUT2D eigenvalue weighted by atomic mass is 16.1. The molecule has 2 heterocycles. The van der Waals surface area contributed by atoms with Gasteiger partial charge in [-0.1, -0.05) is 0 Å². The molecular weight excluding hydrogens is 338 g/mol. The summed E-state index contributed by atoms with van der Waals surface area (Å²) in [5.74, 6) is 4.17. The highest BCUT2D eigenvalue weighted by Crippen LogP contribution is 2.53. The largest absolute Gasteiger partial charge is 0.349 e. The third kappa shape index (κ3) is 2.64. The summed E-state index contributed by atoms with van der Waals surface area (Å²) < 4.78 is 3.78. The van der Waals surface area contributed by atoms with Gasteiger partial charge in [-0.15, -0.1) is 0 Å². The van der Waals surface area contributed by atoms with E-state index in [1.807, 2.05) is 16.9 Å². The van der Waals surface area contributed by atoms with E-state index in [1.54, 1.807) is 17.1 Å². The number of rotatable bonds is 4. The van der Waals surface area contributed by atoms with Crippen LogP contribution in [0.4, 0.5) is 0 Å². The highest BCUT2D eigenvalue weighted by molar-refractivity contribution is 5.97. The Morgan fingerprint density at radius 1 is 1.04 bits per heavy atom. The van der Waals surface area contributed by atoms with Gasteiger partial charge < -0.3 is 5.32 Å². The molecule has 5 atom stereocenters. The lowest BCUT2D eigenvalue weighted by atomic mass is 9.80. The van der Waals surface area contributed by atoms with E-state index < -0.39 is 0 Å². The first kappa shape index (κ1) is 15.9. The van der Waals surface area contributed by atoms with Gasteiger partial charge in [0.2, 0.25) is 0 Å². The zero-order chi connectivity index (χ0) is 18.0. The molecule has 1 amide bonds. The Morgan fingerprint density at radius 3 is 2.74 bits per heavy atom. The van der Waals surface area contributed by atoms with Gasteiger partial charge >= 0.3 is 0 Å². The van der Waals surface area contributed by atoms with Crippen molar-refractivity contribution < 1.29 is 4.79 Å². The smallest absolute Gasteiger partial charge is 0.256 e. The summed E-state index contributed by atoms with van der Waals surface area (Å²) in [7, 11) is 0. The molecule has 142 valence electrons. The SMILES string of the molecule is O=C(N[C@H]1CCC2CC3CC(C2)C1C3)c1cnn(C2CC2)c1-n1cccn1. The molecule has 6 nitrogen and oxygen atoms in total. The number of amides is 1. The average molecular weight is 365 g/mol. The van der Waals surface area contributed by atoms with E-state index in [2.05, 4.69) is 15.5 Å². The molecule has 4 aliphatic carbocycles. The molecule has 4 saturated carbocycles. The second kappa shape index (κ2) is 5.94. The molecule has 2 aromatic rings. The fourth-order valence-electron chi connectivity index (χ4n) is 6.24. The maximum atomic E-state index is 13.3. The van der Waals surface area contributed by atoms with Gasteiger partial charge in [0.1, 0.15) is 5.56 Å². The predicted octanol–water partition coefficient (Wildman–Crippen LogP) is 3.35. The first-order valence-electron chi connectivity index (χ1n) is 10.6. The van der Waals surface area contributed by atoms with Crippen molar-refractivity contribution >= 4 is 5.91 Å². The number of carbonyl (C=O) groups is 1. The third-order valence-electron chi connectivity index (χ3n) is 7.50. The molecule has 3 bridgehead atoms. The fourth-order valence-corrected chi connectivity index (χ4v) is 6.24. The molecule has 1 N–H and O–H groups in total. The van der Waals surface area contributed by atoms with E-state index in [-0.39, 0.29) is 5.91 Å². The second-order valence-corrected chi connectivity index (χ2v) is 9.26. The molecule has 0 radical (unpaired) electrons. The van der Waals surface area contributed by atoms with E-state index in [4.69, 9.17) is 0 Å². The van der Waals surface area contributed by atoms with Crippen LogP contribution >= 0.6 is 0 Å². The Kier molecular flexibility index (Phi) is 3.50. The average Bonchev–Trinajstić information content (AvgIpc) is 3.11. The van der Waals surface area contributed by atoms with Crippen LogP contribution in [0.2, 0.25) is 0 Å². The number of nitrogens with zero attached hydrogens (tertiary/aromatic N) is 4. The van der Waals surface area contributed by atoms with Crippen molar-refractivity contribution in [3.05, 3.63) is 30.2 Å². The van der Waals surface area contributed by atoms with Crippen LogP contribution in [0.15, 0.2) is 24.7 Å². The monoisotopic (exact) mass is 365 g/mol. The van der Waals surface area contributed by atoms with Gasteiger partial charge in [-0.3, -0.25) is 4.79 Å². The number of aromatic nitrogens is 4. The lowest BCUT2D eigenvalue weighted by Crippen LogP contribution is -2.41. The Morgan fingerprint density at radius 2 is 1.93 bits per heavy atom. The molecule has 0 aromatic carbocycles. The third-order valence-corrected chi connectivity index (χ3v) is 7.50. The molecule has 6 rings (SSSR count). The standard InChI is InChI=1S/C21H27N5O/c27-20(24-19-5-2-13-8-14-10-15(9-13)17(19)11-14)18-12-23-26(16-3-4-16)21(18)25-7-1-6-22-25/h1,6-7,12-17,19H,2-5,8-11H2,(H,24,27)/t13?,14?,15?,17?,19-/m0/s1. The van der Waals surface area contributed by atoms with Gasteiger partial charge in [0.15, 0.2) is 5.82 Å². The van der Waals surface area contributed by atoms with Crippen LogP contribution in [0.5, 0.6) is 0 Å². The predicted molar refractivity (Wildman–Crippen MR) is 101 cm³/mol. The molecular formula is C21H27N5O. The molecule has 2 aromatic heterocycles. The van der Waals surface area contributed by atoms with Crippen LogP contribution in [0.1, 0.15) is 67.8 Å². The van der Waals surface area contributed by atoms with Gasteiger partial charge in [-0.05, 0) is 81.1 Å². The number of carbonyl (C=O) groups excluding carboxylic acids is 1. The fraction of sp³-hybridized carbons (Fsp3) is 0.667. The minimum Gasteiger partial charge on any atom is -0.349 e. The Balaban J connectivity index is 1.29. The van der Waals surface area contributed by atoms with Crippen LogP contribution in [-0.4, -0.2) is 31.5 Å². The number of nitrogens with one attached hydrogen (secondary N) is 1. The van der Waals surface area contributed by atoms with Gasteiger partial charge in [0.25, 0.3) is 5.91 Å². The summed E-state index contributed by atoms with van der Waals surface area (Å²) in [5.41, 5.74) is 0.662. The van der Waals surface area contributed by atoms with Gasteiger partial charge in [-0.25, -0.2) is 9.36 Å². The first-order valence-corrected chi connectivity index (χ1v) is 10.6. The van der Waals surface area contributed by atoms with E-state index in [1.165, 1.54) is 32.1 Å². The summed E-state index contributed by atoms with van der Waals surface area (Å²) in [6.07, 6.45) is 15.6. The summed E-state index contributed by atoms with van der Waals surface area (Å²) >= 11 is 0. The quantitative estimate of drug-likeness (QED) is 0.904.